The van der Waals surface area contributed by atoms with Gasteiger partial charge in [0, 0.05) is 49.0 Å². The number of rotatable bonds is 8. The molecule has 1 aliphatic rings. The van der Waals surface area contributed by atoms with Crippen LogP contribution in [0.4, 0.5) is 32.4 Å². The fourth-order valence-corrected chi connectivity index (χ4v) is 6.52. The molecule has 2 amide bonds. The molecule has 1 fully saturated rings. The molecule has 1 saturated heterocycles. The average molecular weight is 768 g/mol. The summed E-state index contributed by atoms with van der Waals surface area (Å²) in [5.41, 5.74) is -2.60. The van der Waals surface area contributed by atoms with E-state index in [1.54, 1.807) is 34.7 Å². The first-order chi connectivity index (χ1) is 25.9. The van der Waals surface area contributed by atoms with Crippen molar-refractivity contribution in [2.45, 2.75) is 51.9 Å². The lowest BCUT2D eigenvalue weighted by molar-refractivity contribution is -0.137. The highest BCUT2D eigenvalue weighted by atomic mass is 19.4. The summed E-state index contributed by atoms with van der Waals surface area (Å²) < 4.78 is 93.5. The Morgan fingerprint density at radius 3 is 2.40 bits per heavy atom. The van der Waals surface area contributed by atoms with Gasteiger partial charge in [-0.05, 0) is 70.0 Å². The Hall–Kier alpha value is -5.77. The van der Waals surface area contributed by atoms with E-state index in [-0.39, 0.29) is 58.0 Å². The van der Waals surface area contributed by atoms with Crippen LogP contribution in [0, 0.1) is 18.6 Å². The summed E-state index contributed by atoms with van der Waals surface area (Å²) in [6.45, 7) is 7.51. The van der Waals surface area contributed by atoms with Gasteiger partial charge in [-0.1, -0.05) is 18.2 Å². The van der Waals surface area contributed by atoms with Gasteiger partial charge >= 0.3 is 12.3 Å². The van der Waals surface area contributed by atoms with Crippen molar-refractivity contribution >= 4 is 45.5 Å². The molecule has 3 aromatic carbocycles. The van der Waals surface area contributed by atoms with E-state index in [1.807, 2.05) is 0 Å². The van der Waals surface area contributed by atoms with Gasteiger partial charge in [-0.3, -0.25) is 19.1 Å². The first kappa shape index (κ1) is 38.9. The molecule has 0 saturated carbocycles. The van der Waals surface area contributed by atoms with Crippen LogP contribution in [0.5, 0.6) is 5.75 Å². The number of fused-ring (bicyclic) bond motifs is 2. The molecule has 6 rings (SSSR count). The van der Waals surface area contributed by atoms with Crippen molar-refractivity contribution in [3.8, 4) is 16.9 Å². The molecule has 1 aliphatic heterocycles. The maximum Gasteiger partial charge on any atom is 0.417 e. The minimum atomic E-state index is -4.80. The number of benzene rings is 3. The fourth-order valence-electron chi connectivity index (χ4n) is 6.52. The maximum atomic E-state index is 15.3. The van der Waals surface area contributed by atoms with Crippen LogP contribution in [0.15, 0.2) is 60.8 Å². The van der Waals surface area contributed by atoms with E-state index in [0.29, 0.717) is 18.9 Å². The Balaban J connectivity index is 1.27. The topological polar surface area (TPSA) is 117 Å². The number of hydrogen-bond acceptors (Lipinski definition) is 7. The molecular formula is C39H38F5N5O6. The van der Waals surface area contributed by atoms with Crippen molar-refractivity contribution in [1.29, 1.82) is 0 Å². The smallest absolute Gasteiger partial charge is 0.417 e. The van der Waals surface area contributed by atoms with Crippen LogP contribution in [0.1, 0.15) is 48.9 Å². The summed E-state index contributed by atoms with van der Waals surface area (Å²) >= 11 is 0. The van der Waals surface area contributed by atoms with E-state index in [2.05, 4.69) is 10.3 Å². The molecule has 290 valence electrons. The van der Waals surface area contributed by atoms with Gasteiger partial charge in [0.15, 0.2) is 17.4 Å². The highest BCUT2D eigenvalue weighted by molar-refractivity contribution is 6.08. The second-order valence-electron chi connectivity index (χ2n) is 14.0. The van der Waals surface area contributed by atoms with Crippen molar-refractivity contribution in [3.05, 3.63) is 89.4 Å². The molecule has 0 aliphatic carbocycles. The maximum absolute atomic E-state index is 15.3. The van der Waals surface area contributed by atoms with Gasteiger partial charge < -0.3 is 24.1 Å². The van der Waals surface area contributed by atoms with Crippen LogP contribution in [0.25, 0.3) is 33.1 Å². The Kier molecular flexibility index (Phi) is 10.5. The summed E-state index contributed by atoms with van der Waals surface area (Å²) in [5, 5.41) is 2.36. The minimum absolute atomic E-state index is 0.0387. The molecule has 0 spiro atoms. The zero-order chi connectivity index (χ0) is 40.0. The number of methoxy groups -OCH3 is 1. The van der Waals surface area contributed by atoms with Crippen LogP contribution < -0.4 is 10.1 Å². The SMILES string of the molecule is COc1c(-c2cccc3c2ccn3C(=O)c2cc(F)c(NC(=O)/C=C/CN(C(=O)OC(C)(C)C)[C@H]3CCOC3)c(F)c2)c(C(F)(F)F)cc2c1nc(C)n2C. The predicted octanol–water partition coefficient (Wildman–Crippen LogP) is 8.02. The Morgan fingerprint density at radius 2 is 1.78 bits per heavy atom. The van der Waals surface area contributed by atoms with Crippen molar-refractivity contribution in [1.82, 2.24) is 19.0 Å². The largest absolute Gasteiger partial charge is 0.494 e. The number of carbonyl (C=O) groups is 3. The lowest BCUT2D eigenvalue weighted by Crippen LogP contribution is -2.43. The Labute approximate surface area is 312 Å². The standard InChI is InChI=1S/C39H38F5N5O6/c1-21-45-34-30(47(21)5)19-26(39(42,43)44)32(35(34)53-6)25-9-7-10-29-24(25)12-15-49(29)36(51)22-17-27(40)33(28(41)18-22)46-31(50)11-8-14-48(23-13-16-54-20-23)37(52)55-38(2,3)4/h7-12,15,17-19,23H,13-14,16,20H2,1-6H3,(H,46,50)/b11-8+/t23-/m0/s1. The highest BCUT2D eigenvalue weighted by Crippen LogP contribution is 2.48. The molecule has 5 aromatic rings. The summed E-state index contributed by atoms with van der Waals surface area (Å²) in [6, 6.07) is 8.02. The summed E-state index contributed by atoms with van der Waals surface area (Å²) in [4.78, 5) is 45.0. The predicted molar refractivity (Wildman–Crippen MR) is 194 cm³/mol. The molecule has 0 radical (unpaired) electrons. The van der Waals surface area contributed by atoms with Crippen molar-refractivity contribution in [2.24, 2.45) is 7.05 Å². The van der Waals surface area contributed by atoms with Gasteiger partial charge in [0.05, 0.1) is 36.4 Å². The lowest BCUT2D eigenvalue weighted by atomic mass is 9.94. The van der Waals surface area contributed by atoms with Crippen molar-refractivity contribution in [3.63, 3.8) is 0 Å². The van der Waals surface area contributed by atoms with Gasteiger partial charge in [-0.2, -0.15) is 13.2 Å². The number of aromatic nitrogens is 3. The lowest BCUT2D eigenvalue weighted by Gasteiger charge is -2.30. The molecule has 16 heteroatoms. The van der Waals surface area contributed by atoms with Gasteiger partial charge in [0.2, 0.25) is 5.91 Å². The number of nitrogens with zero attached hydrogens (tertiary/aromatic N) is 4. The number of halogens is 5. The average Bonchev–Trinajstić information content (AvgIpc) is 3.86. The number of imidazole rings is 1. The number of amides is 2. The molecular weight excluding hydrogens is 729 g/mol. The van der Waals surface area contributed by atoms with Crippen molar-refractivity contribution < 1.29 is 50.5 Å². The number of carbonyl (C=O) groups excluding carboxylic acids is 3. The number of anilines is 1. The van der Waals surface area contributed by atoms with Crippen LogP contribution in [0.2, 0.25) is 0 Å². The third-order valence-electron chi connectivity index (χ3n) is 9.17. The van der Waals surface area contributed by atoms with Gasteiger partial charge in [0.1, 0.15) is 22.6 Å². The zero-order valence-electron chi connectivity index (χ0n) is 30.8. The van der Waals surface area contributed by atoms with Crippen LogP contribution in [-0.2, 0) is 27.5 Å². The number of hydrogen-bond donors (Lipinski definition) is 1. The van der Waals surface area contributed by atoms with E-state index in [9.17, 15) is 27.6 Å². The molecule has 1 N–H and O–H groups in total. The Morgan fingerprint density at radius 1 is 1.07 bits per heavy atom. The van der Waals surface area contributed by atoms with E-state index >= 15 is 8.78 Å². The quantitative estimate of drug-likeness (QED) is 0.126. The second-order valence-corrected chi connectivity index (χ2v) is 14.0. The number of nitrogens with one attached hydrogen (secondary N) is 1. The first-order valence-electron chi connectivity index (χ1n) is 17.2. The highest BCUT2D eigenvalue weighted by Gasteiger charge is 2.38. The molecule has 3 heterocycles. The monoisotopic (exact) mass is 767 g/mol. The number of alkyl halides is 3. The molecule has 0 unspecified atom stereocenters. The normalized spacial score (nSPS) is 14.9. The molecule has 1 atom stereocenters. The second kappa shape index (κ2) is 14.8. The van der Waals surface area contributed by atoms with Gasteiger partial charge in [-0.25, -0.2) is 18.6 Å². The van der Waals surface area contributed by atoms with Crippen molar-refractivity contribution in [2.75, 3.05) is 32.2 Å². The minimum Gasteiger partial charge on any atom is -0.494 e. The van der Waals surface area contributed by atoms with Crippen LogP contribution >= 0.6 is 0 Å². The summed E-state index contributed by atoms with van der Waals surface area (Å²) in [5.74, 6) is -3.94. The fraction of sp³-hybridized carbons (Fsp3) is 0.333. The van der Waals surface area contributed by atoms with E-state index < -0.39 is 58.1 Å². The van der Waals surface area contributed by atoms with Gasteiger partial charge in [-0.15, -0.1) is 0 Å². The number of aryl methyl sites for hydroxylation is 2. The van der Waals surface area contributed by atoms with Crippen LogP contribution in [0.3, 0.4) is 0 Å². The van der Waals surface area contributed by atoms with Gasteiger partial charge in [0.25, 0.3) is 5.91 Å². The first-order valence-corrected chi connectivity index (χ1v) is 17.2. The molecule has 2 aromatic heterocycles. The number of ether oxygens (including phenoxy) is 3. The Bertz CT molecular complexity index is 2330. The summed E-state index contributed by atoms with van der Waals surface area (Å²) in [7, 11) is 2.84. The third-order valence-corrected chi connectivity index (χ3v) is 9.17. The molecule has 11 nitrogen and oxygen atoms in total. The zero-order valence-corrected chi connectivity index (χ0v) is 30.8. The van der Waals surface area contributed by atoms with Crippen LogP contribution in [-0.4, -0.2) is 75.4 Å². The molecule has 0 bridgehead atoms. The summed E-state index contributed by atoms with van der Waals surface area (Å²) in [6.07, 6.45) is -1.20. The third kappa shape index (κ3) is 7.76. The van der Waals surface area contributed by atoms with E-state index in [1.165, 1.54) is 53.1 Å². The van der Waals surface area contributed by atoms with E-state index in [0.717, 1.165) is 28.8 Å². The molecule has 55 heavy (non-hydrogen) atoms. The van der Waals surface area contributed by atoms with E-state index in [4.69, 9.17) is 14.2 Å².